The largest absolute Gasteiger partial charge is 0.444 e. The molecule has 0 spiro atoms. The van der Waals surface area contributed by atoms with Crippen molar-refractivity contribution in [2.75, 3.05) is 13.6 Å². The van der Waals surface area contributed by atoms with E-state index in [2.05, 4.69) is 9.98 Å². The van der Waals surface area contributed by atoms with Crippen LogP contribution in [-0.2, 0) is 6.42 Å². The van der Waals surface area contributed by atoms with Gasteiger partial charge in [0.2, 0.25) is 5.89 Å². The standard InChI is InChI=1S/C16H19FN4O/c1-21(14-6-7-14)16(18)19-9-8-13-10-22-15(20-13)11-2-4-12(17)5-3-11/h2-5,10,14H,6-9H2,1H3,(H2,18,19). The second kappa shape index (κ2) is 6.17. The van der Waals surface area contributed by atoms with Crippen LogP contribution in [0.25, 0.3) is 11.5 Å². The molecule has 3 rings (SSSR count). The van der Waals surface area contributed by atoms with Gasteiger partial charge in [-0.1, -0.05) is 0 Å². The van der Waals surface area contributed by atoms with Crippen molar-refractivity contribution in [1.29, 1.82) is 0 Å². The van der Waals surface area contributed by atoms with Crippen molar-refractivity contribution in [1.82, 2.24) is 9.88 Å². The van der Waals surface area contributed by atoms with Gasteiger partial charge in [0, 0.05) is 31.6 Å². The van der Waals surface area contributed by atoms with Crippen LogP contribution in [-0.4, -0.2) is 35.5 Å². The Kier molecular flexibility index (Phi) is 4.09. The Morgan fingerprint density at radius 3 is 2.82 bits per heavy atom. The van der Waals surface area contributed by atoms with Crippen molar-refractivity contribution in [3.8, 4) is 11.5 Å². The minimum absolute atomic E-state index is 0.278. The summed E-state index contributed by atoms with van der Waals surface area (Å²) in [7, 11) is 1.97. The van der Waals surface area contributed by atoms with Crippen molar-refractivity contribution in [3.05, 3.63) is 42.0 Å². The molecular formula is C16H19FN4O. The second-order valence-corrected chi connectivity index (χ2v) is 5.48. The summed E-state index contributed by atoms with van der Waals surface area (Å²) in [5.74, 6) is 0.784. The van der Waals surface area contributed by atoms with E-state index in [4.69, 9.17) is 10.2 Å². The van der Waals surface area contributed by atoms with Gasteiger partial charge in [-0.2, -0.15) is 0 Å². The fourth-order valence-electron chi connectivity index (χ4n) is 2.19. The highest BCUT2D eigenvalue weighted by Gasteiger charge is 2.27. The van der Waals surface area contributed by atoms with E-state index in [0.29, 0.717) is 30.9 Å². The van der Waals surface area contributed by atoms with Gasteiger partial charge in [-0.05, 0) is 37.1 Å². The summed E-state index contributed by atoms with van der Waals surface area (Å²) in [5, 5.41) is 0. The van der Waals surface area contributed by atoms with Crippen molar-refractivity contribution >= 4 is 5.96 Å². The molecule has 2 N–H and O–H groups in total. The number of aliphatic imine (C=N–C) groups is 1. The van der Waals surface area contributed by atoms with Crippen LogP contribution < -0.4 is 5.73 Å². The molecule has 1 aromatic heterocycles. The van der Waals surface area contributed by atoms with E-state index in [1.54, 1.807) is 18.4 Å². The van der Waals surface area contributed by atoms with Crippen LogP contribution in [0.2, 0.25) is 0 Å². The van der Waals surface area contributed by atoms with E-state index in [1.165, 1.54) is 25.0 Å². The van der Waals surface area contributed by atoms with Crippen LogP contribution in [0.4, 0.5) is 4.39 Å². The highest BCUT2D eigenvalue weighted by atomic mass is 19.1. The third-order valence-corrected chi connectivity index (χ3v) is 3.74. The number of benzene rings is 1. The van der Waals surface area contributed by atoms with Crippen LogP contribution >= 0.6 is 0 Å². The molecule has 1 fully saturated rings. The molecule has 0 amide bonds. The van der Waals surface area contributed by atoms with Crippen molar-refractivity contribution in [2.24, 2.45) is 10.7 Å². The molecule has 1 saturated carbocycles. The molecule has 0 aliphatic heterocycles. The number of halogens is 1. The first-order chi connectivity index (χ1) is 10.6. The number of nitrogens with zero attached hydrogens (tertiary/aromatic N) is 3. The van der Waals surface area contributed by atoms with Gasteiger partial charge >= 0.3 is 0 Å². The van der Waals surface area contributed by atoms with Crippen LogP contribution in [0, 0.1) is 5.82 Å². The van der Waals surface area contributed by atoms with Gasteiger partial charge in [-0.25, -0.2) is 9.37 Å². The number of guanidine groups is 1. The molecule has 2 aromatic rings. The molecule has 0 unspecified atom stereocenters. The molecular weight excluding hydrogens is 283 g/mol. The molecule has 5 nitrogen and oxygen atoms in total. The number of nitrogens with two attached hydrogens (primary N) is 1. The van der Waals surface area contributed by atoms with Gasteiger partial charge < -0.3 is 15.1 Å². The zero-order valence-electron chi connectivity index (χ0n) is 12.5. The normalized spacial score (nSPS) is 15.1. The monoisotopic (exact) mass is 302 g/mol. The van der Waals surface area contributed by atoms with Crippen molar-refractivity contribution < 1.29 is 8.81 Å². The molecule has 1 aliphatic carbocycles. The van der Waals surface area contributed by atoms with Gasteiger partial charge in [-0.15, -0.1) is 0 Å². The number of oxazole rings is 1. The molecule has 6 heteroatoms. The summed E-state index contributed by atoms with van der Waals surface area (Å²) in [6.07, 6.45) is 4.65. The summed E-state index contributed by atoms with van der Waals surface area (Å²) >= 11 is 0. The fourth-order valence-corrected chi connectivity index (χ4v) is 2.19. The van der Waals surface area contributed by atoms with Gasteiger partial charge in [0.25, 0.3) is 0 Å². The van der Waals surface area contributed by atoms with Crippen LogP contribution in [0.3, 0.4) is 0 Å². The van der Waals surface area contributed by atoms with E-state index >= 15 is 0 Å². The topological polar surface area (TPSA) is 67.7 Å². The molecule has 0 bridgehead atoms. The average molecular weight is 302 g/mol. The van der Waals surface area contributed by atoms with E-state index in [9.17, 15) is 4.39 Å². The molecule has 22 heavy (non-hydrogen) atoms. The number of hydrogen-bond donors (Lipinski definition) is 1. The van der Waals surface area contributed by atoms with Crippen molar-refractivity contribution in [3.63, 3.8) is 0 Å². The Balaban J connectivity index is 1.57. The third-order valence-electron chi connectivity index (χ3n) is 3.74. The molecule has 1 aliphatic rings. The predicted molar refractivity (Wildman–Crippen MR) is 82.9 cm³/mol. The lowest BCUT2D eigenvalue weighted by atomic mass is 10.2. The van der Waals surface area contributed by atoms with Crippen LogP contribution in [0.5, 0.6) is 0 Å². The van der Waals surface area contributed by atoms with E-state index < -0.39 is 0 Å². The Bertz CT molecular complexity index is 661. The maximum atomic E-state index is 12.9. The number of hydrogen-bond acceptors (Lipinski definition) is 3. The molecule has 0 atom stereocenters. The Morgan fingerprint density at radius 1 is 1.41 bits per heavy atom. The lowest BCUT2D eigenvalue weighted by Gasteiger charge is -2.16. The molecule has 1 heterocycles. The Morgan fingerprint density at radius 2 is 2.14 bits per heavy atom. The molecule has 1 aromatic carbocycles. The summed E-state index contributed by atoms with van der Waals surface area (Å²) < 4.78 is 18.3. The highest BCUT2D eigenvalue weighted by molar-refractivity contribution is 5.78. The smallest absolute Gasteiger partial charge is 0.226 e. The third kappa shape index (κ3) is 3.44. The number of aromatic nitrogens is 1. The first-order valence-corrected chi connectivity index (χ1v) is 7.36. The number of rotatable bonds is 5. The first kappa shape index (κ1) is 14.6. The summed E-state index contributed by atoms with van der Waals surface area (Å²) in [6.45, 7) is 0.568. The zero-order valence-corrected chi connectivity index (χ0v) is 12.5. The summed E-state index contributed by atoms with van der Waals surface area (Å²) in [6, 6.07) is 6.62. The van der Waals surface area contributed by atoms with Gasteiger partial charge in [0.15, 0.2) is 5.96 Å². The first-order valence-electron chi connectivity index (χ1n) is 7.36. The van der Waals surface area contributed by atoms with E-state index in [0.717, 1.165) is 11.3 Å². The lowest BCUT2D eigenvalue weighted by Crippen LogP contribution is -2.35. The van der Waals surface area contributed by atoms with E-state index in [1.807, 2.05) is 11.9 Å². The minimum atomic E-state index is -0.278. The fraction of sp³-hybridized carbons (Fsp3) is 0.375. The van der Waals surface area contributed by atoms with Gasteiger partial charge in [0.05, 0.1) is 5.69 Å². The predicted octanol–water partition coefficient (Wildman–Crippen LogP) is 2.43. The lowest BCUT2D eigenvalue weighted by molar-refractivity contribution is 0.487. The van der Waals surface area contributed by atoms with Crippen molar-refractivity contribution in [2.45, 2.75) is 25.3 Å². The molecule has 0 radical (unpaired) electrons. The Labute approximate surface area is 128 Å². The van der Waals surface area contributed by atoms with Crippen LogP contribution in [0.1, 0.15) is 18.5 Å². The Hall–Kier alpha value is -2.37. The average Bonchev–Trinajstić information content (AvgIpc) is 3.26. The molecule has 0 saturated heterocycles. The quantitative estimate of drug-likeness (QED) is 0.680. The maximum absolute atomic E-state index is 12.9. The highest BCUT2D eigenvalue weighted by Crippen LogP contribution is 2.24. The van der Waals surface area contributed by atoms with Gasteiger partial charge in [0.1, 0.15) is 12.1 Å². The summed E-state index contributed by atoms with van der Waals surface area (Å²) in [5.41, 5.74) is 7.49. The van der Waals surface area contributed by atoms with Crippen LogP contribution in [0.15, 0.2) is 39.9 Å². The van der Waals surface area contributed by atoms with E-state index in [-0.39, 0.29) is 5.82 Å². The summed E-state index contributed by atoms with van der Waals surface area (Å²) in [4.78, 5) is 10.8. The molecule has 116 valence electrons. The minimum Gasteiger partial charge on any atom is -0.444 e. The SMILES string of the molecule is CN(C(N)=NCCc1coc(-c2ccc(F)cc2)n1)C1CC1. The second-order valence-electron chi connectivity index (χ2n) is 5.48. The van der Waals surface area contributed by atoms with Gasteiger partial charge in [-0.3, -0.25) is 4.99 Å². The maximum Gasteiger partial charge on any atom is 0.226 e. The zero-order chi connectivity index (χ0) is 15.5.